The Labute approximate surface area is 193 Å². The van der Waals surface area contributed by atoms with Gasteiger partial charge in [-0.1, -0.05) is 23.7 Å². The fraction of sp³-hybridized carbons (Fsp3) is 0.318. The van der Waals surface area contributed by atoms with Gasteiger partial charge < -0.3 is 9.15 Å². The lowest BCUT2D eigenvalue weighted by atomic mass is 9.99. The first kappa shape index (κ1) is 21.0. The van der Waals surface area contributed by atoms with E-state index in [0.717, 1.165) is 33.5 Å². The minimum atomic E-state index is -0.350. The maximum Gasteiger partial charge on any atom is 0.242 e. The van der Waals surface area contributed by atoms with Gasteiger partial charge in [0, 0.05) is 28.1 Å². The predicted octanol–water partition coefficient (Wildman–Crippen LogP) is 4.57. The van der Waals surface area contributed by atoms with Crippen LogP contribution < -0.4 is 0 Å². The number of rotatable bonds is 5. The Kier molecular flexibility index (Phi) is 5.40. The summed E-state index contributed by atoms with van der Waals surface area (Å²) in [5.74, 6) is 2.47. The Morgan fingerprint density at radius 2 is 1.81 bits per heavy atom. The largest absolute Gasteiger partial charge is 0.423 e. The van der Waals surface area contributed by atoms with Crippen molar-refractivity contribution < 1.29 is 9.15 Å². The zero-order valence-corrected chi connectivity index (χ0v) is 19.7. The molecule has 1 aliphatic heterocycles. The first-order valence-electron chi connectivity index (χ1n) is 10.1. The molecule has 4 aromatic rings. The van der Waals surface area contributed by atoms with Crippen molar-refractivity contribution >= 4 is 28.6 Å². The highest BCUT2D eigenvalue weighted by molar-refractivity contribution is 7.15. The first-order valence-corrected chi connectivity index (χ1v) is 11.3. The average Bonchev–Trinajstić information content (AvgIpc) is 3.42. The summed E-state index contributed by atoms with van der Waals surface area (Å²) in [7, 11) is 1.59. The number of aryl methyl sites for hydroxylation is 2. The van der Waals surface area contributed by atoms with Gasteiger partial charge in [-0.15, -0.1) is 31.7 Å². The van der Waals surface area contributed by atoms with E-state index in [1.807, 2.05) is 31.2 Å². The third-order valence-electron chi connectivity index (χ3n) is 5.50. The summed E-state index contributed by atoms with van der Waals surface area (Å²) in [4.78, 5) is 6.43. The van der Waals surface area contributed by atoms with Crippen LogP contribution >= 0.6 is 22.9 Å². The summed E-state index contributed by atoms with van der Waals surface area (Å²) in [6.07, 6.45) is 0.402. The van der Waals surface area contributed by atoms with Crippen LogP contribution in [0.2, 0.25) is 5.02 Å². The number of benzene rings is 1. The van der Waals surface area contributed by atoms with Crippen LogP contribution in [-0.4, -0.2) is 37.8 Å². The Bertz CT molecular complexity index is 1320. The summed E-state index contributed by atoms with van der Waals surface area (Å²) in [6.45, 7) is 6.48. The number of ether oxygens (including phenoxy) is 1. The molecular formula is C22H21ClN6O2S. The van der Waals surface area contributed by atoms with Gasteiger partial charge in [-0.2, -0.15) is 0 Å². The van der Waals surface area contributed by atoms with Crippen LogP contribution in [-0.2, 0) is 17.8 Å². The standard InChI is InChI=1S/C22H21ClN6O2S/c1-11-12(2)32-22-19(11)20(14-5-7-15(23)8-6-14)24-16(21-28-25-13(3)29(21)22)9-17-26-27-18(31-17)10-30-4/h5-8,16H,9-10H2,1-4H3/t16-/m0/s1. The number of aromatic nitrogens is 5. The Morgan fingerprint density at radius 1 is 1.06 bits per heavy atom. The number of thiophene rings is 1. The second-order valence-electron chi connectivity index (χ2n) is 7.63. The summed E-state index contributed by atoms with van der Waals surface area (Å²) in [5.41, 5.74) is 4.17. The van der Waals surface area contributed by atoms with Gasteiger partial charge in [0.15, 0.2) is 5.82 Å². The Hall–Kier alpha value is -2.88. The second kappa shape index (κ2) is 8.23. The number of nitrogens with zero attached hydrogens (tertiary/aromatic N) is 6. The first-order chi connectivity index (χ1) is 15.5. The minimum Gasteiger partial charge on any atom is -0.423 e. The van der Waals surface area contributed by atoms with E-state index in [1.165, 1.54) is 10.4 Å². The van der Waals surface area contributed by atoms with E-state index in [-0.39, 0.29) is 12.6 Å². The summed E-state index contributed by atoms with van der Waals surface area (Å²) in [5, 5.41) is 18.8. The topological polar surface area (TPSA) is 91.2 Å². The molecule has 5 rings (SSSR count). The van der Waals surface area contributed by atoms with Gasteiger partial charge in [-0.3, -0.25) is 9.56 Å². The normalized spacial score (nSPS) is 15.3. The predicted molar refractivity (Wildman–Crippen MR) is 122 cm³/mol. The van der Waals surface area contributed by atoms with E-state index in [4.69, 9.17) is 25.7 Å². The van der Waals surface area contributed by atoms with Crippen molar-refractivity contribution in [1.29, 1.82) is 0 Å². The molecule has 0 saturated carbocycles. The molecule has 0 spiro atoms. The quantitative estimate of drug-likeness (QED) is 0.426. The van der Waals surface area contributed by atoms with Crippen molar-refractivity contribution in [2.75, 3.05) is 7.11 Å². The SMILES string of the molecule is COCc1nnc(C[C@@H]2N=C(c3ccc(Cl)cc3)c3c(sc(C)c3C)-n3c(C)nnc32)o1. The van der Waals surface area contributed by atoms with Crippen LogP contribution in [0.4, 0.5) is 0 Å². The van der Waals surface area contributed by atoms with Gasteiger partial charge in [0.25, 0.3) is 0 Å². The molecule has 0 bridgehead atoms. The van der Waals surface area contributed by atoms with Crippen LogP contribution in [0.1, 0.15) is 51.0 Å². The summed E-state index contributed by atoms with van der Waals surface area (Å²) >= 11 is 7.88. The van der Waals surface area contributed by atoms with Crippen LogP contribution in [0.3, 0.4) is 0 Å². The molecule has 164 valence electrons. The van der Waals surface area contributed by atoms with Crippen LogP contribution in [0.25, 0.3) is 5.00 Å². The lowest BCUT2D eigenvalue weighted by Gasteiger charge is -2.11. The molecule has 0 amide bonds. The fourth-order valence-electron chi connectivity index (χ4n) is 3.85. The number of hydrogen-bond acceptors (Lipinski definition) is 8. The molecule has 0 N–H and O–H groups in total. The van der Waals surface area contributed by atoms with Crippen molar-refractivity contribution in [3.8, 4) is 5.00 Å². The minimum absolute atomic E-state index is 0.266. The zero-order chi connectivity index (χ0) is 22.4. The molecule has 0 unspecified atom stereocenters. The van der Waals surface area contributed by atoms with Crippen LogP contribution in [0, 0.1) is 20.8 Å². The number of hydrogen-bond donors (Lipinski definition) is 0. The summed E-state index contributed by atoms with van der Waals surface area (Å²) in [6, 6.07) is 7.41. The van der Waals surface area contributed by atoms with Crippen molar-refractivity contribution in [2.45, 2.75) is 39.8 Å². The molecule has 0 fully saturated rings. The van der Waals surface area contributed by atoms with E-state index in [0.29, 0.717) is 23.2 Å². The summed E-state index contributed by atoms with van der Waals surface area (Å²) < 4.78 is 13.0. The highest BCUT2D eigenvalue weighted by Gasteiger charge is 2.32. The van der Waals surface area contributed by atoms with Crippen molar-refractivity contribution in [1.82, 2.24) is 25.0 Å². The zero-order valence-electron chi connectivity index (χ0n) is 18.1. The molecule has 3 aromatic heterocycles. The maximum absolute atomic E-state index is 6.16. The third kappa shape index (κ3) is 3.56. The average molecular weight is 469 g/mol. The molecule has 1 atom stereocenters. The van der Waals surface area contributed by atoms with Gasteiger partial charge in [0.05, 0.1) is 12.1 Å². The van der Waals surface area contributed by atoms with Gasteiger partial charge in [0.2, 0.25) is 11.8 Å². The van der Waals surface area contributed by atoms with E-state index in [9.17, 15) is 0 Å². The monoisotopic (exact) mass is 468 g/mol. The van der Waals surface area contributed by atoms with Gasteiger partial charge in [-0.25, -0.2) is 0 Å². The van der Waals surface area contributed by atoms with Crippen LogP contribution in [0.5, 0.6) is 0 Å². The molecule has 0 saturated heterocycles. The van der Waals surface area contributed by atoms with Gasteiger partial charge in [-0.05, 0) is 38.5 Å². The van der Waals surface area contributed by atoms with E-state index in [1.54, 1.807) is 18.4 Å². The Morgan fingerprint density at radius 3 is 2.56 bits per heavy atom. The van der Waals surface area contributed by atoms with Crippen molar-refractivity contribution in [3.05, 3.63) is 74.3 Å². The molecule has 1 aromatic carbocycles. The number of aliphatic imine (C=N–C) groups is 1. The second-order valence-corrected chi connectivity index (χ2v) is 9.27. The van der Waals surface area contributed by atoms with Crippen molar-refractivity contribution in [3.63, 3.8) is 0 Å². The van der Waals surface area contributed by atoms with E-state index in [2.05, 4.69) is 38.8 Å². The lowest BCUT2D eigenvalue weighted by Crippen LogP contribution is -2.09. The van der Waals surface area contributed by atoms with E-state index >= 15 is 0 Å². The molecule has 1 aliphatic rings. The fourth-order valence-corrected chi connectivity index (χ4v) is 5.19. The third-order valence-corrected chi connectivity index (χ3v) is 6.95. The highest BCUT2D eigenvalue weighted by Crippen LogP contribution is 2.39. The Balaban J connectivity index is 1.69. The highest BCUT2D eigenvalue weighted by atomic mass is 35.5. The molecule has 0 radical (unpaired) electrons. The lowest BCUT2D eigenvalue weighted by molar-refractivity contribution is 0.158. The number of halogens is 1. The van der Waals surface area contributed by atoms with Crippen LogP contribution in [0.15, 0.2) is 33.7 Å². The molecule has 8 nitrogen and oxygen atoms in total. The van der Waals surface area contributed by atoms with Gasteiger partial charge in [0.1, 0.15) is 23.5 Å². The molecule has 0 aliphatic carbocycles. The molecule has 4 heterocycles. The van der Waals surface area contributed by atoms with Gasteiger partial charge >= 0.3 is 0 Å². The smallest absolute Gasteiger partial charge is 0.242 e. The maximum atomic E-state index is 6.16. The number of fused-ring (bicyclic) bond motifs is 3. The molecular weight excluding hydrogens is 448 g/mol. The van der Waals surface area contributed by atoms with E-state index < -0.39 is 0 Å². The van der Waals surface area contributed by atoms with Crippen molar-refractivity contribution in [2.24, 2.45) is 4.99 Å². The molecule has 10 heteroatoms. The molecule has 32 heavy (non-hydrogen) atoms. The number of methoxy groups -OCH3 is 1.